The fourth-order valence-electron chi connectivity index (χ4n) is 4.52. The highest BCUT2D eigenvalue weighted by Crippen LogP contribution is 2.35. The minimum atomic E-state index is -3.43. The van der Waals surface area contributed by atoms with Crippen molar-refractivity contribution in [2.45, 2.75) is 6.54 Å². The van der Waals surface area contributed by atoms with Gasteiger partial charge in [0.2, 0.25) is 10.0 Å². The fourth-order valence-corrected chi connectivity index (χ4v) is 4.94. The molecule has 0 saturated heterocycles. The number of aromatic hydroxyl groups is 1. The van der Waals surface area contributed by atoms with E-state index >= 15 is 0 Å². The maximum atomic E-state index is 14.5. The molecule has 0 fully saturated rings. The number of aromatic amines is 2. The molecule has 190 valence electrons. The fraction of sp³-hybridized carbons (Fsp3) is 0.0741. The molecule has 6 rings (SSSR count). The summed E-state index contributed by atoms with van der Waals surface area (Å²) in [6.07, 6.45) is 7.46. The van der Waals surface area contributed by atoms with E-state index in [1.165, 1.54) is 18.3 Å². The minimum absolute atomic E-state index is 0.0261. The Bertz CT molecular complexity index is 1950. The molecule has 0 amide bonds. The Balaban J connectivity index is 1.43. The number of rotatable bonds is 6. The van der Waals surface area contributed by atoms with Crippen molar-refractivity contribution in [1.29, 1.82) is 0 Å². The molecule has 11 heteroatoms. The van der Waals surface area contributed by atoms with Gasteiger partial charge in [0.05, 0.1) is 35.4 Å². The molecule has 0 radical (unpaired) electrons. The number of pyridine rings is 2. The van der Waals surface area contributed by atoms with Gasteiger partial charge in [-0.3, -0.25) is 15.1 Å². The van der Waals surface area contributed by atoms with Crippen LogP contribution in [0, 0.1) is 5.82 Å². The Kier molecular flexibility index (Phi) is 5.66. The van der Waals surface area contributed by atoms with E-state index in [4.69, 9.17) is 0 Å². The first-order valence-electron chi connectivity index (χ1n) is 11.6. The SMILES string of the molecule is CS(=O)(=O)NCc1cc(F)cc(-c2cncc3[nH]c(-c4n[nH]c5ccc(-c6cncc(O)c6)cc45)cc23)c1. The zero-order valence-corrected chi connectivity index (χ0v) is 20.8. The van der Waals surface area contributed by atoms with Crippen molar-refractivity contribution in [1.82, 2.24) is 29.9 Å². The summed E-state index contributed by atoms with van der Waals surface area (Å²) >= 11 is 0. The normalized spacial score (nSPS) is 11.9. The Morgan fingerprint density at radius 1 is 0.895 bits per heavy atom. The number of hydrogen-bond acceptors (Lipinski definition) is 6. The van der Waals surface area contributed by atoms with E-state index in [0.717, 1.165) is 44.9 Å². The van der Waals surface area contributed by atoms with Crippen molar-refractivity contribution in [3.05, 3.63) is 84.7 Å². The van der Waals surface area contributed by atoms with Crippen LogP contribution in [0.25, 0.3) is 55.4 Å². The maximum absolute atomic E-state index is 14.5. The van der Waals surface area contributed by atoms with Crippen LogP contribution in [-0.4, -0.2) is 44.9 Å². The van der Waals surface area contributed by atoms with Gasteiger partial charge in [-0.05, 0) is 59.2 Å². The summed E-state index contributed by atoms with van der Waals surface area (Å²) < 4.78 is 39.9. The van der Waals surface area contributed by atoms with Crippen LogP contribution in [0.1, 0.15) is 5.56 Å². The van der Waals surface area contributed by atoms with Crippen molar-refractivity contribution in [2.24, 2.45) is 0 Å². The molecule has 2 aromatic carbocycles. The highest BCUT2D eigenvalue weighted by Gasteiger charge is 2.16. The Hall–Kier alpha value is -4.61. The van der Waals surface area contributed by atoms with Gasteiger partial charge in [-0.2, -0.15) is 5.10 Å². The standard InChI is InChI=1S/C27H21FN6O3S/c1-38(36,37)31-10-15-4-17(6-19(28)5-15)23-13-30-14-26-21(23)9-25(32-26)27-22-8-16(2-3-24(22)33-34-27)18-7-20(35)12-29-11-18/h2-9,11-14,31-32,35H,10H2,1H3,(H,33,34). The molecule has 4 aromatic heterocycles. The van der Waals surface area contributed by atoms with Crippen LogP contribution in [0.4, 0.5) is 4.39 Å². The van der Waals surface area contributed by atoms with Crippen molar-refractivity contribution < 1.29 is 17.9 Å². The topological polar surface area (TPSA) is 137 Å². The lowest BCUT2D eigenvalue weighted by molar-refractivity contribution is 0.473. The van der Waals surface area contributed by atoms with Gasteiger partial charge in [0.25, 0.3) is 0 Å². The third-order valence-corrected chi connectivity index (χ3v) is 6.90. The Morgan fingerprint density at radius 3 is 2.55 bits per heavy atom. The van der Waals surface area contributed by atoms with Gasteiger partial charge in [0.1, 0.15) is 17.3 Å². The number of nitrogens with one attached hydrogen (secondary N) is 3. The van der Waals surface area contributed by atoms with Crippen LogP contribution in [0.5, 0.6) is 5.75 Å². The second-order valence-corrected chi connectivity index (χ2v) is 10.9. The highest BCUT2D eigenvalue weighted by atomic mass is 32.2. The maximum Gasteiger partial charge on any atom is 0.209 e. The molecule has 0 bridgehead atoms. The van der Waals surface area contributed by atoms with E-state index in [0.29, 0.717) is 22.4 Å². The van der Waals surface area contributed by atoms with E-state index in [-0.39, 0.29) is 12.3 Å². The minimum Gasteiger partial charge on any atom is -0.506 e. The molecular weight excluding hydrogens is 507 g/mol. The lowest BCUT2D eigenvalue weighted by atomic mass is 10.0. The second-order valence-electron chi connectivity index (χ2n) is 9.04. The lowest BCUT2D eigenvalue weighted by Gasteiger charge is -2.08. The van der Waals surface area contributed by atoms with Crippen LogP contribution in [-0.2, 0) is 16.6 Å². The summed E-state index contributed by atoms with van der Waals surface area (Å²) in [6.45, 7) is -0.0261. The van der Waals surface area contributed by atoms with Gasteiger partial charge in [-0.25, -0.2) is 17.5 Å². The Labute approximate surface area is 216 Å². The molecule has 0 spiro atoms. The van der Waals surface area contributed by atoms with Gasteiger partial charge in [-0.1, -0.05) is 6.07 Å². The summed E-state index contributed by atoms with van der Waals surface area (Å²) in [4.78, 5) is 11.8. The average molecular weight is 529 g/mol. The lowest BCUT2D eigenvalue weighted by Crippen LogP contribution is -2.21. The molecule has 0 saturated carbocycles. The van der Waals surface area contributed by atoms with Crippen LogP contribution in [0.3, 0.4) is 0 Å². The average Bonchev–Trinajstić information content (AvgIpc) is 3.50. The molecule has 0 unspecified atom stereocenters. The first kappa shape index (κ1) is 23.8. The number of nitrogens with zero attached hydrogens (tertiary/aromatic N) is 3. The molecular formula is C27H21FN6O3S. The predicted molar refractivity (Wildman–Crippen MR) is 143 cm³/mol. The van der Waals surface area contributed by atoms with E-state index in [1.807, 2.05) is 24.3 Å². The first-order valence-corrected chi connectivity index (χ1v) is 13.5. The van der Waals surface area contributed by atoms with Gasteiger partial charge in [0.15, 0.2) is 0 Å². The van der Waals surface area contributed by atoms with Crippen LogP contribution in [0.2, 0.25) is 0 Å². The van der Waals surface area contributed by atoms with Gasteiger partial charge >= 0.3 is 0 Å². The van der Waals surface area contributed by atoms with Gasteiger partial charge in [0, 0.05) is 40.8 Å². The Morgan fingerprint density at radius 2 is 1.74 bits per heavy atom. The third-order valence-electron chi connectivity index (χ3n) is 6.23. The van der Waals surface area contributed by atoms with Crippen LogP contribution < -0.4 is 4.72 Å². The number of hydrogen-bond donors (Lipinski definition) is 4. The molecule has 4 heterocycles. The highest BCUT2D eigenvalue weighted by molar-refractivity contribution is 7.88. The number of aromatic nitrogens is 5. The quantitative estimate of drug-likeness (QED) is 0.247. The first-order chi connectivity index (χ1) is 18.2. The molecule has 0 aliphatic heterocycles. The summed E-state index contributed by atoms with van der Waals surface area (Å²) in [5.41, 5.74) is 6.40. The van der Waals surface area contributed by atoms with Gasteiger partial charge in [-0.15, -0.1) is 0 Å². The van der Waals surface area contributed by atoms with E-state index in [2.05, 4.69) is 29.9 Å². The number of halogens is 1. The smallest absolute Gasteiger partial charge is 0.209 e. The molecule has 4 N–H and O–H groups in total. The molecule has 6 aromatic rings. The van der Waals surface area contributed by atoms with Gasteiger partial charge < -0.3 is 10.1 Å². The molecule has 0 aliphatic carbocycles. The zero-order valence-electron chi connectivity index (χ0n) is 20.0. The molecule has 0 aliphatic rings. The number of fused-ring (bicyclic) bond motifs is 2. The van der Waals surface area contributed by atoms with E-state index in [9.17, 15) is 17.9 Å². The van der Waals surface area contributed by atoms with Crippen molar-refractivity contribution in [2.75, 3.05) is 6.26 Å². The number of H-pyrrole nitrogens is 2. The third kappa shape index (κ3) is 4.60. The molecule has 0 atom stereocenters. The van der Waals surface area contributed by atoms with Crippen molar-refractivity contribution in [3.8, 4) is 39.4 Å². The zero-order chi connectivity index (χ0) is 26.4. The van der Waals surface area contributed by atoms with Crippen molar-refractivity contribution >= 4 is 31.8 Å². The summed E-state index contributed by atoms with van der Waals surface area (Å²) in [5, 5.41) is 19.1. The van der Waals surface area contributed by atoms with Crippen LogP contribution in [0.15, 0.2) is 73.3 Å². The summed E-state index contributed by atoms with van der Waals surface area (Å²) in [5.74, 6) is -0.397. The monoisotopic (exact) mass is 528 g/mol. The molecule has 9 nitrogen and oxygen atoms in total. The number of sulfonamides is 1. The largest absolute Gasteiger partial charge is 0.506 e. The second kappa shape index (κ2) is 9.05. The summed E-state index contributed by atoms with van der Waals surface area (Å²) in [6, 6.07) is 13.8. The van der Waals surface area contributed by atoms with E-state index < -0.39 is 15.8 Å². The molecule has 38 heavy (non-hydrogen) atoms. The summed E-state index contributed by atoms with van der Waals surface area (Å²) in [7, 11) is -3.43. The number of benzene rings is 2. The van der Waals surface area contributed by atoms with Crippen LogP contribution >= 0.6 is 0 Å². The predicted octanol–water partition coefficient (Wildman–Crippen LogP) is 4.73. The van der Waals surface area contributed by atoms with Crippen molar-refractivity contribution in [3.63, 3.8) is 0 Å². The van der Waals surface area contributed by atoms with E-state index in [1.54, 1.807) is 30.7 Å².